The van der Waals surface area contributed by atoms with Gasteiger partial charge in [-0.15, -0.1) is 0 Å². The first-order valence-corrected chi connectivity index (χ1v) is 9.75. The van der Waals surface area contributed by atoms with Crippen LogP contribution in [0.3, 0.4) is 0 Å². The Bertz CT molecular complexity index is 671. The highest BCUT2D eigenvalue weighted by molar-refractivity contribution is 7.89. The largest absolute Gasteiger partial charge is 0.495 e. The summed E-state index contributed by atoms with van der Waals surface area (Å²) in [5, 5.41) is 0.280. The molecule has 0 bridgehead atoms. The highest BCUT2D eigenvalue weighted by Crippen LogP contribution is 2.29. The molecule has 0 spiro atoms. The average molecular weight is 376 g/mol. The van der Waals surface area contributed by atoms with E-state index in [0.29, 0.717) is 12.3 Å². The van der Waals surface area contributed by atoms with Gasteiger partial charge in [0.05, 0.1) is 17.0 Å². The van der Waals surface area contributed by atoms with Crippen LogP contribution in [0.1, 0.15) is 12.8 Å². The van der Waals surface area contributed by atoms with E-state index in [1.54, 1.807) is 6.07 Å². The zero-order valence-electron chi connectivity index (χ0n) is 14.7. The van der Waals surface area contributed by atoms with E-state index in [9.17, 15) is 8.42 Å². The molecule has 6 nitrogen and oxygen atoms in total. The maximum absolute atomic E-state index is 12.6. The van der Waals surface area contributed by atoms with Crippen LogP contribution in [0, 0.1) is 0 Å². The lowest BCUT2D eigenvalue weighted by Crippen LogP contribution is -2.57. The monoisotopic (exact) mass is 375 g/mol. The number of ether oxygens (including phenoxy) is 1. The smallest absolute Gasteiger partial charge is 0.240 e. The van der Waals surface area contributed by atoms with E-state index in [1.165, 1.54) is 19.2 Å². The first-order chi connectivity index (χ1) is 11.2. The van der Waals surface area contributed by atoms with Gasteiger partial charge in [0, 0.05) is 12.1 Å². The maximum Gasteiger partial charge on any atom is 0.240 e. The summed E-state index contributed by atoms with van der Waals surface area (Å²) >= 11 is 6.05. The number of nitrogens with one attached hydrogen (secondary N) is 1. The van der Waals surface area contributed by atoms with Gasteiger partial charge in [-0.1, -0.05) is 11.6 Å². The molecule has 0 unspecified atom stereocenters. The van der Waals surface area contributed by atoms with Crippen LogP contribution in [0.25, 0.3) is 0 Å². The molecule has 0 atom stereocenters. The molecule has 0 amide bonds. The molecule has 24 heavy (non-hydrogen) atoms. The van der Waals surface area contributed by atoms with Crippen LogP contribution in [0.2, 0.25) is 5.02 Å². The SMILES string of the molecule is COc1ccc(S(=O)(=O)NCC2(N(C)C)CCN(C)CC2)cc1Cl. The summed E-state index contributed by atoms with van der Waals surface area (Å²) in [7, 11) is 3.97. The van der Waals surface area contributed by atoms with Gasteiger partial charge < -0.3 is 14.5 Å². The van der Waals surface area contributed by atoms with Gasteiger partial charge >= 0.3 is 0 Å². The van der Waals surface area contributed by atoms with Crippen LogP contribution in [0.15, 0.2) is 23.1 Å². The van der Waals surface area contributed by atoms with Gasteiger partial charge in [-0.3, -0.25) is 0 Å². The molecule has 1 aliphatic heterocycles. The minimum absolute atomic E-state index is 0.148. The van der Waals surface area contributed by atoms with E-state index in [-0.39, 0.29) is 15.5 Å². The van der Waals surface area contributed by atoms with Crippen molar-refractivity contribution in [1.29, 1.82) is 0 Å². The van der Waals surface area contributed by atoms with Crippen LogP contribution in [0.5, 0.6) is 5.75 Å². The fourth-order valence-electron chi connectivity index (χ4n) is 2.94. The quantitative estimate of drug-likeness (QED) is 0.819. The number of likely N-dealkylation sites (N-methyl/N-ethyl adjacent to an activating group) is 1. The molecule has 1 fully saturated rings. The third-order valence-electron chi connectivity index (χ3n) is 4.89. The minimum Gasteiger partial charge on any atom is -0.495 e. The Morgan fingerprint density at radius 2 is 1.96 bits per heavy atom. The predicted octanol–water partition coefficient (Wildman–Crippen LogP) is 1.65. The zero-order chi connectivity index (χ0) is 18.0. The van der Waals surface area contributed by atoms with Gasteiger partial charge in [-0.25, -0.2) is 13.1 Å². The molecule has 2 rings (SSSR count). The van der Waals surface area contributed by atoms with E-state index in [4.69, 9.17) is 16.3 Å². The van der Waals surface area contributed by atoms with Gasteiger partial charge in [0.15, 0.2) is 0 Å². The van der Waals surface area contributed by atoms with E-state index in [0.717, 1.165) is 25.9 Å². The van der Waals surface area contributed by atoms with E-state index in [2.05, 4.69) is 21.6 Å². The summed E-state index contributed by atoms with van der Waals surface area (Å²) in [6.07, 6.45) is 1.84. The molecule has 1 aliphatic rings. The Morgan fingerprint density at radius 1 is 1.33 bits per heavy atom. The lowest BCUT2D eigenvalue weighted by molar-refractivity contribution is 0.0706. The molecule has 1 saturated heterocycles. The second-order valence-corrected chi connectivity index (χ2v) is 8.72. The number of rotatable bonds is 6. The Hall–Kier alpha value is -0.860. The lowest BCUT2D eigenvalue weighted by Gasteiger charge is -2.45. The highest BCUT2D eigenvalue weighted by Gasteiger charge is 2.36. The van der Waals surface area contributed by atoms with E-state index in [1.807, 2.05) is 14.1 Å². The number of piperidine rings is 1. The van der Waals surface area contributed by atoms with E-state index < -0.39 is 10.0 Å². The van der Waals surface area contributed by atoms with Gasteiger partial charge in [0.1, 0.15) is 5.75 Å². The Kier molecular flexibility index (Phi) is 6.14. The summed E-state index contributed by atoms with van der Waals surface area (Å²) < 4.78 is 33.1. The van der Waals surface area contributed by atoms with Crippen molar-refractivity contribution in [2.24, 2.45) is 0 Å². The highest BCUT2D eigenvalue weighted by atomic mass is 35.5. The molecule has 8 heteroatoms. The van der Waals surface area contributed by atoms with Crippen LogP contribution >= 0.6 is 11.6 Å². The number of nitrogens with zero attached hydrogens (tertiary/aromatic N) is 2. The van der Waals surface area contributed by atoms with Crippen molar-refractivity contribution < 1.29 is 13.2 Å². The fourth-order valence-corrected chi connectivity index (χ4v) is 4.41. The van der Waals surface area contributed by atoms with Crippen molar-refractivity contribution in [3.63, 3.8) is 0 Å². The number of sulfonamides is 1. The number of benzene rings is 1. The van der Waals surface area contributed by atoms with Crippen molar-refractivity contribution in [2.45, 2.75) is 23.3 Å². The van der Waals surface area contributed by atoms with Crippen molar-refractivity contribution in [1.82, 2.24) is 14.5 Å². The van der Waals surface area contributed by atoms with Crippen molar-refractivity contribution >= 4 is 21.6 Å². The van der Waals surface area contributed by atoms with Gasteiger partial charge in [-0.2, -0.15) is 0 Å². The van der Waals surface area contributed by atoms with Crippen LogP contribution in [0.4, 0.5) is 0 Å². The van der Waals surface area contributed by atoms with Crippen molar-refractivity contribution in [2.75, 3.05) is 47.9 Å². The summed E-state index contributed by atoms with van der Waals surface area (Å²) in [6, 6.07) is 4.48. The van der Waals surface area contributed by atoms with Crippen molar-refractivity contribution in [3.8, 4) is 5.75 Å². The van der Waals surface area contributed by atoms with Crippen LogP contribution in [-0.4, -0.2) is 71.6 Å². The molecule has 1 heterocycles. The fraction of sp³-hybridized carbons (Fsp3) is 0.625. The molecule has 0 radical (unpaired) electrons. The Balaban J connectivity index is 2.15. The molecule has 0 aromatic heterocycles. The second kappa shape index (κ2) is 7.58. The minimum atomic E-state index is -3.62. The lowest BCUT2D eigenvalue weighted by atomic mass is 9.86. The predicted molar refractivity (Wildman–Crippen MR) is 96.3 cm³/mol. The Labute approximate surface area is 149 Å². The second-order valence-electron chi connectivity index (χ2n) is 6.54. The van der Waals surface area contributed by atoms with Gasteiger partial charge in [0.2, 0.25) is 10.0 Å². The summed E-state index contributed by atoms with van der Waals surface area (Å²) in [6.45, 7) is 2.28. The molecule has 1 aromatic rings. The summed E-state index contributed by atoms with van der Waals surface area (Å²) in [5.41, 5.74) is -0.171. The summed E-state index contributed by atoms with van der Waals surface area (Å²) in [5.74, 6) is 0.454. The number of halogens is 1. The molecule has 0 saturated carbocycles. The normalized spacial score (nSPS) is 18.8. The number of hydrogen-bond donors (Lipinski definition) is 1. The molecular formula is C16H26ClN3O3S. The van der Waals surface area contributed by atoms with Crippen LogP contribution < -0.4 is 9.46 Å². The molecule has 136 valence electrons. The average Bonchev–Trinajstić information content (AvgIpc) is 2.54. The maximum atomic E-state index is 12.6. The number of hydrogen-bond acceptors (Lipinski definition) is 5. The Morgan fingerprint density at radius 3 is 2.46 bits per heavy atom. The standard InChI is InChI=1S/C16H26ClN3O3S/c1-19(2)16(7-9-20(3)10-8-16)12-18-24(21,22)13-5-6-15(23-4)14(17)11-13/h5-6,11,18H,7-10,12H2,1-4H3. The van der Waals surface area contributed by atoms with Crippen LogP contribution in [-0.2, 0) is 10.0 Å². The van der Waals surface area contributed by atoms with Gasteiger partial charge in [0.25, 0.3) is 0 Å². The van der Waals surface area contributed by atoms with E-state index >= 15 is 0 Å². The first kappa shape index (κ1) is 19.5. The number of likely N-dealkylation sites (tertiary alicyclic amines) is 1. The summed E-state index contributed by atoms with van der Waals surface area (Å²) in [4.78, 5) is 4.54. The third kappa shape index (κ3) is 4.21. The molecule has 1 N–H and O–H groups in total. The topological polar surface area (TPSA) is 61.9 Å². The zero-order valence-corrected chi connectivity index (χ0v) is 16.2. The molecule has 1 aromatic carbocycles. The van der Waals surface area contributed by atoms with Crippen molar-refractivity contribution in [3.05, 3.63) is 23.2 Å². The van der Waals surface area contributed by atoms with Gasteiger partial charge in [-0.05, 0) is 65.3 Å². The third-order valence-corrected chi connectivity index (χ3v) is 6.59. The number of methoxy groups -OCH3 is 1. The first-order valence-electron chi connectivity index (χ1n) is 7.89. The molecular weight excluding hydrogens is 350 g/mol. The molecule has 0 aliphatic carbocycles.